The summed E-state index contributed by atoms with van der Waals surface area (Å²) in [5, 5.41) is 18.7. The fourth-order valence-corrected chi connectivity index (χ4v) is 4.96. The molecule has 4 heteroatoms. The number of carbonyl (C=O) groups is 1. The zero-order valence-electron chi connectivity index (χ0n) is 20.5. The smallest absolute Gasteiger partial charge is 0.335 e. The zero-order chi connectivity index (χ0) is 24.3. The quantitative estimate of drug-likeness (QED) is 0.217. The van der Waals surface area contributed by atoms with Crippen LogP contribution in [-0.4, -0.2) is 36.0 Å². The van der Waals surface area contributed by atoms with Gasteiger partial charge in [-0.15, -0.1) is 0 Å². The molecule has 0 aromatic heterocycles. The summed E-state index contributed by atoms with van der Waals surface area (Å²) in [5.74, 6) is 0.667. The van der Waals surface area contributed by atoms with Gasteiger partial charge in [-0.1, -0.05) is 87.7 Å². The Kier molecular flexibility index (Phi) is 10.4. The van der Waals surface area contributed by atoms with Crippen molar-refractivity contribution in [3.63, 3.8) is 0 Å². The van der Waals surface area contributed by atoms with E-state index in [4.69, 9.17) is 9.84 Å². The maximum atomic E-state index is 11.7. The van der Waals surface area contributed by atoms with E-state index in [9.17, 15) is 9.90 Å². The molecule has 1 fully saturated rings. The van der Waals surface area contributed by atoms with Crippen LogP contribution < -0.4 is 0 Å². The summed E-state index contributed by atoms with van der Waals surface area (Å²) in [6.45, 7) is 5.22. The third kappa shape index (κ3) is 7.28. The molecule has 0 radical (unpaired) electrons. The maximum Gasteiger partial charge on any atom is 0.335 e. The molecule has 0 heterocycles. The number of unbranched alkanes of at least 4 members (excludes halogenated alkanes) is 2. The van der Waals surface area contributed by atoms with Gasteiger partial charge in [0.05, 0.1) is 18.8 Å². The summed E-state index contributed by atoms with van der Waals surface area (Å²) < 4.78 is 5.16. The number of carbonyl (C=O) groups excluding carboxylic acids is 1. The number of aliphatic hydroxyl groups excluding tert-OH is 2. The van der Waals surface area contributed by atoms with Gasteiger partial charge in [-0.2, -0.15) is 0 Å². The second kappa shape index (κ2) is 13.5. The molecule has 184 valence electrons. The van der Waals surface area contributed by atoms with Crippen LogP contribution in [0.3, 0.4) is 0 Å². The number of ether oxygens (including phenoxy) is 1. The fraction of sp³-hybridized carbons (Fsp3) is 0.500. The van der Waals surface area contributed by atoms with E-state index < -0.39 is 12.6 Å². The van der Waals surface area contributed by atoms with Crippen molar-refractivity contribution in [1.29, 1.82) is 0 Å². The van der Waals surface area contributed by atoms with E-state index in [0.29, 0.717) is 5.92 Å². The topological polar surface area (TPSA) is 66.8 Å². The third-order valence-electron chi connectivity index (χ3n) is 7.28. The average Bonchev–Trinajstić information content (AvgIpc) is 2.89. The lowest BCUT2D eigenvalue weighted by Crippen LogP contribution is -2.17. The van der Waals surface area contributed by atoms with Crippen LogP contribution in [0.5, 0.6) is 0 Å². The first-order valence-electron chi connectivity index (χ1n) is 12.8. The Morgan fingerprint density at radius 1 is 0.971 bits per heavy atom. The van der Waals surface area contributed by atoms with Gasteiger partial charge in [-0.3, -0.25) is 0 Å². The van der Waals surface area contributed by atoms with Gasteiger partial charge in [-0.25, -0.2) is 4.79 Å². The summed E-state index contributed by atoms with van der Waals surface area (Å²) in [4.78, 5) is 11.7. The normalized spacial score (nSPS) is 18.9. The van der Waals surface area contributed by atoms with Gasteiger partial charge >= 0.3 is 5.97 Å². The van der Waals surface area contributed by atoms with Gasteiger partial charge in [0.15, 0.2) is 0 Å². The third-order valence-corrected chi connectivity index (χ3v) is 7.28. The molecule has 3 rings (SSSR count). The van der Waals surface area contributed by atoms with Gasteiger partial charge in [0.2, 0.25) is 0 Å². The summed E-state index contributed by atoms with van der Waals surface area (Å²) in [7, 11) is 0. The van der Waals surface area contributed by atoms with Crippen molar-refractivity contribution in [3.8, 4) is 11.1 Å². The molecular formula is C30H40O4. The molecule has 1 aliphatic carbocycles. The molecule has 4 nitrogen and oxygen atoms in total. The molecule has 2 aromatic rings. The SMILES string of the molecule is C=C(CO)C(=O)OCC(CO)c1ccc(-c2ccc(C3CCC(CCCCC)CC3)cc2)cc1. The Labute approximate surface area is 204 Å². The standard InChI is InChI=1S/C30H40O4/c1-3-4-5-6-23-7-9-24(10-8-23)25-11-13-26(14-12-25)27-15-17-28(18-16-27)29(20-32)21-34-30(33)22(2)19-31/h11-18,23-24,29,31-32H,2-10,19-21H2,1H3. The van der Waals surface area contributed by atoms with Crippen LogP contribution in [-0.2, 0) is 9.53 Å². The number of aliphatic hydroxyl groups is 2. The second-order valence-electron chi connectivity index (χ2n) is 9.70. The maximum absolute atomic E-state index is 11.7. The molecule has 1 unspecified atom stereocenters. The highest BCUT2D eigenvalue weighted by Gasteiger charge is 2.22. The van der Waals surface area contributed by atoms with Gasteiger partial charge < -0.3 is 14.9 Å². The summed E-state index contributed by atoms with van der Waals surface area (Å²) in [5.41, 5.74) is 4.67. The molecule has 2 aromatic carbocycles. The second-order valence-corrected chi connectivity index (χ2v) is 9.70. The predicted molar refractivity (Wildman–Crippen MR) is 138 cm³/mol. The summed E-state index contributed by atoms with van der Waals surface area (Å²) in [6, 6.07) is 17.0. The van der Waals surface area contributed by atoms with Crippen molar-refractivity contribution >= 4 is 5.97 Å². The lowest BCUT2D eigenvalue weighted by atomic mass is 9.77. The van der Waals surface area contributed by atoms with E-state index in [2.05, 4.69) is 37.8 Å². The largest absolute Gasteiger partial charge is 0.462 e. The van der Waals surface area contributed by atoms with Crippen molar-refractivity contribution in [2.24, 2.45) is 5.92 Å². The number of rotatable bonds is 12. The molecule has 0 spiro atoms. The van der Waals surface area contributed by atoms with Crippen LogP contribution >= 0.6 is 0 Å². The minimum absolute atomic E-state index is 0.00972. The van der Waals surface area contributed by atoms with Crippen molar-refractivity contribution in [2.45, 2.75) is 70.1 Å². The molecule has 1 saturated carbocycles. The van der Waals surface area contributed by atoms with Crippen molar-refractivity contribution < 1.29 is 19.7 Å². The minimum Gasteiger partial charge on any atom is -0.462 e. The van der Waals surface area contributed by atoms with Gasteiger partial charge in [0.1, 0.15) is 6.61 Å². The highest BCUT2D eigenvalue weighted by Crippen LogP contribution is 2.38. The number of hydrogen-bond donors (Lipinski definition) is 2. The molecule has 34 heavy (non-hydrogen) atoms. The number of hydrogen-bond acceptors (Lipinski definition) is 4. The lowest BCUT2D eigenvalue weighted by Gasteiger charge is -2.29. The van der Waals surface area contributed by atoms with Crippen LogP contribution in [0, 0.1) is 5.92 Å². The highest BCUT2D eigenvalue weighted by molar-refractivity contribution is 5.87. The predicted octanol–water partition coefficient (Wildman–Crippen LogP) is 6.38. The van der Waals surface area contributed by atoms with Crippen molar-refractivity contribution in [1.82, 2.24) is 0 Å². The Morgan fingerprint density at radius 3 is 2.15 bits per heavy atom. The highest BCUT2D eigenvalue weighted by atomic mass is 16.5. The first kappa shape index (κ1) is 26.2. The van der Waals surface area contributed by atoms with Crippen molar-refractivity contribution in [3.05, 3.63) is 71.8 Å². The molecule has 0 aliphatic heterocycles. The molecule has 0 amide bonds. The van der Waals surface area contributed by atoms with Gasteiger partial charge in [0.25, 0.3) is 0 Å². The molecule has 2 N–H and O–H groups in total. The summed E-state index contributed by atoms with van der Waals surface area (Å²) >= 11 is 0. The van der Waals surface area contributed by atoms with E-state index in [1.807, 2.05) is 24.3 Å². The number of esters is 1. The van der Waals surface area contributed by atoms with E-state index >= 15 is 0 Å². The molecule has 1 atom stereocenters. The first-order valence-corrected chi connectivity index (χ1v) is 12.8. The van der Waals surface area contributed by atoms with Crippen LogP contribution in [0.15, 0.2) is 60.7 Å². The zero-order valence-corrected chi connectivity index (χ0v) is 20.5. The molecule has 1 aliphatic rings. The Morgan fingerprint density at radius 2 is 1.59 bits per heavy atom. The molecular weight excluding hydrogens is 424 g/mol. The van der Waals surface area contributed by atoms with E-state index in [0.717, 1.165) is 17.0 Å². The average molecular weight is 465 g/mol. The van der Waals surface area contributed by atoms with Crippen molar-refractivity contribution in [2.75, 3.05) is 19.8 Å². The van der Waals surface area contributed by atoms with Crippen LogP contribution in [0.25, 0.3) is 11.1 Å². The van der Waals surface area contributed by atoms with Gasteiger partial charge in [0, 0.05) is 5.92 Å². The molecule has 0 bridgehead atoms. The van der Waals surface area contributed by atoms with Crippen LogP contribution in [0.1, 0.15) is 81.3 Å². The van der Waals surface area contributed by atoms with Gasteiger partial charge in [-0.05, 0) is 59.8 Å². The first-order chi connectivity index (χ1) is 16.5. The van der Waals surface area contributed by atoms with E-state index in [1.54, 1.807) is 0 Å². The van der Waals surface area contributed by atoms with E-state index in [1.165, 1.54) is 62.5 Å². The summed E-state index contributed by atoms with van der Waals surface area (Å²) in [6.07, 6.45) is 10.8. The minimum atomic E-state index is -0.636. The Balaban J connectivity index is 1.54. The van der Waals surface area contributed by atoms with Crippen LogP contribution in [0.2, 0.25) is 0 Å². The fourth-order valence-electron chi connectivity index (χ4n) is 4.96. The number of benzene rings is 2. The monoisotopic (exact) mass is 464 g/mol. The Bertz CT molecular complexity index is 892. The van der Waals surface area contributed by atoms with Crippen LogP contribution in [0.4, 0.5) is 0 Å². The lowest BCUT2D eigenvalue weighted by molar-refractivity contribution is -0.140. The van der Waals surface area contributed by atoms with E-state index in [-0.39, 0.29) is 24.7 Å². The molecule has 0 saturated heterocycles. The Hall–Kier alpha value is -2.43.